The van der Waals surface area contributed by atoms with Gasteiger partial charge in [0.25, 0.3) is 0 Å². The molecule has 5 atom stereocenters. The number of furan rings is 1. The zero-order valence-corrected chi connectivity index (χ0v) is 11.9. The molecule has 102 valence electrons. The van der Waals surface area contributed by atoms with Gasteiger partial charge in [0, 0.05) is 0 Å². The fourth-order valence-electron chi connectivity index (χ4n) is 18.6. The summed E-state index contributed by atoms with van der Waals surface area (Å²) in [4.78, 5) is 21.8. The average Bonchev–Trinajstić information content (AvgIpc) is 3.38. The molecular weight excluding hydrogens is 292 g/mol. The minimum absolute atomic E-state index is 0.172. The number of fused-ring (bicyclic) bond motifs is 10. The summed E-state index contributed by atoms with van der Waals surface area (Å²) in [5, 5.41) is 0. The molecule has 10 fully saturated rings. The topological polar surface area (TPSA) is 30.2 Å². The van der Waals surface area contributed by atoms with E-state index < -0.39 is 6.51 Å². The molecule has 3 heteroatoms. The van der Waals surface area contributed by atoms with Crippen molar-refractivity contribution < 1.29 is 15.7 Å². The zero-order valence-electron chi connectivity index (χ0n) is 10.8. The van der Waals surface area contributed by atoms with Crippen LogP contribution in [0.15, 0.2) is 35.5 Å². The Morgan fingerprint density at radius 1 is 1.20 bits per heavy atom. The van der Waals surface area contributed by atoms with Crippen LogP contribution in [-0.4, -0.2) is 5.78 Å². The predicted octanol–water partition coefficient (Wildman–Crippen LogP) is 4.20. The van der Waals surface area contributed by atoms with Crippen LogP contribution in [0.2, 0.25) is 42.8 Å². The monoisotopic (exact) mass is 306 g/mol. The third-order valence-corrected chi connectivity index (χ3v) is 59.0. The molecule has 10 saturated heterocycles. The van der Waals surface area contributed by atoms with Gasteiger partial charge in [0.05, 0.1) is 0 Å². The van der Waals surface area contributed by atoms with E-state index in [1.54, 1.807) is 6.08 Å². The molecule has 10 aliphatic rings. The summed E-state index contributed by atoms with van der Waals surface area (Å²) in [5.74, 6) is 1.75. The van der Waals surface area contributed by atoms with Crippen molar-refractivity contribution in [2.45, 2.75) is 47.2 Å². The van der Waals surface area contributed by atoms with Crippen LogP contribution in [0.25, 0.3) is 0 Å². The van der Waals surface area contributed by atoms with E-state index in [0.717, 1.165) is 38.5 Å². The Morgan fingerprint density at radius 2 is 1.90 bits per heavy atom. The van der Waals surface area contributed by atoms with Crippen molar-refractivity contribution in [2.75, 3.05) is 0 Å². The molecule has 11 heterocycles. The number of ketones is 1. The number of carbonyl (C=O) groups excluding carboxylic acids is 1. The average molecular weight is 306 g/mol. The van der Waals surface area contributed by atoms with Gasteiger partial charge < -0.3 is 0 Å². The van der Waals surface area contributed by atoms with Gasteiger partial charge >= 0.3 is 105 Å². The zero-order chi connectivity index (χ0) is 12.6. The van der Waals surface area contributed by atoms with Crippen LogP contribution in [0, 0.1) is 0 Å². The second-order valence-electron chi connectivity index (χ2n) is 11.3. The fourth-order valence-corrected chi connectivity index (χ4v) is 94.1. The van der Waals surface area contributed by atoms with E-state index in [4.69, 9.17) is 4.42 Å². The Balaban J connectivity index is 1.61. The summed E-state index contributed by atoms with van der Waals surface area (Å²) in [7, 11) is 0. The van der Waals surface area contributed by atoms with E-state index in [2.05, 4.69) is 18.7 Å². The summed E-state index contributed by atoms with van der Waals surface area (Å²) >= 11 is 0. The quantitative estimate of drug-likeness (QED) is 0.619. The first-order valence-corrected chi connectivity index (χ1v) is 14.1. The molecular formula is C17H14FeO2. The van der Waals surface area contributed by atoms with Crippen molar-refractivity contribution >= 4 is 5.78 Å². The standard InChI is InChI=1S/C12H9O2.C5H5.Fe/c1-2-11(13)9-5-3-6-10(9)12-7-4-8-14-12;1-2-4-5-3-1;/h2-8H,1H2;1-5H;. The van der Waals surface area contributed by atoms with Crippen LogP contribution in [0.3, 0.4) is 0 Å². The fraction of sp³-hybridized carbons (Fsp3) is 0.588. The van der Waals surface area contributed by atoms with Crippen LogP contribution in [0.5, 0.6) is 0 Å². The van der Waals surface area contributed by atoms with E-state index in [0.29, 0.717) is 10.1 Å². The number of allylic oxidation sites excluding steroid dienone is 1. The number of hydrogen-bond donors (Lipinski definition) is 0. The molecule has 0 amide bonds. The first kappa shape index (κ1) is 7.47. The van der Waals surface area contributed by atoms with Gasteiger partial charge in [0.15, 0.2) is 0 Å². The predicted molar refractivity (Wildman–Crippen MR) is 68.3 cm³/mol. The Labute approximate surface area is 105 Å². The molecule has 20 heavy (non-hydrogen) atoms. The molecule has 11 rings (SSSR count). The normalized spacial score (nSPS) is 106. The molecule has 0 bridgehead atoms. The first-order chi connectivity index (χ1) is 9.52. The van der Waals surface area contributed by atoms with Gasteiger partial charge in [-0.25, -0.2) is 0 Å². The molecule has 2 nitrogen and oxygen atoms in total. The molecule has 5 unspecified atom stereocenters. The summed E-state index contributed by atoms with van der Waals surface area (Å²) < 4.78 is 6.55. The van der Waals surface area contributed by atoms with Crippen LogP contribution in [0.1, 0.15) is 5.76 Å². The van der Waals surface area contributed by atoms with Gasteiger partial charge in [-0.15, -0.1) is 0 Å². The first-order valence-electron chi connectivity index (χ1n) is 7.94. The molecule has 0 aromatic carbocycles. The van der Waals surface area contributed by atoms with Gasteiger partial charge in [-0.05, 0) is 0 Å². The minimum atomic E-state index is -3.62. The number of rotatable bonds is 3. The van der Waals surface area contributed by atoms with Gasteiger partial charge in [-0.1, -0.05) is 0 Å². The van der Waals surface area contributed by atoms with Crippen molar-refractivity contribution in [3.63, 3.8) is 0 Å². The number of carbonyl (C=O) groups is 1. The Morgan fingerprint density at radius 3 is 2.35 bits per heavy atom. The molecule has 0 radical (unpaired) electrons. The van der Waals surface area contributed by atoms with E-state index in [-0.39, 0.29) is 4.31 Å². The molecule has 1 aromatic heterocycles. The molecule has 0 aliphatic carbocycles. The van der Waals surface area contributed by atoms with Gasteiger partial charge in [-0.2, -0.15) is 0 Å². The van der Waals surface area contributed by atoms with Crippen molar-refractivity contribution in [2.24, 2.45) is 0 Å². The third-order valence-electron chi connectivity index (χ3n) is 16.3. The van der Waals surface area contributed by atoms with Crippen molar-refractivity contribution in [3.05, 3.63) is 36.8 Å². The van der Waals surface area contributed by atoms with Crippen molar-refractivity contribution in [1.82, 2.24) is 0 Å². The van der Waals surface area contributed by atoms with E-state index in [1.165, 1.54) is 5.76 Å². The summed E-state index contributed by atoms with van der Waals surface area (Å²) in [6.45, 7) is 0.284. The van der Waals surface area contributed by atoms with E-state index in [1.807, 2.05) is 6.26 Å². The summed E-state index contributed by atoms with van der Waals surface area (Å²) in [6, 6.07) is 4.30. The van der Waals surface area contributed by atoms with Gasteiger partial charge in [0.1, 0.15) is 0 Å². The Bertz CT molecular complexity index is 1250. The Hall–Kier alpha value is -0.791. The second-order valence-corrected chi connectivity index (χ2v) is 34.5. The molecule has 1 spiro atoms. The van der Waals surface area contributed by atoms with E-state index >= 15 is 0 Å². The summed E-state index contributed by atoms with van der Waals surface area (Å²) in [6.07, 6.45) is 3.57. The maximum absolute atomic E-state index is 13.2. The summed E-state index contributed by atoms with van der Waals surface area (Å²) in [5.41, 5.74) is 0. The Kier molecular flexibility index (Phi) is 0.242. The SMILES string of the molecule is C=CC(=O)[C]12[CH]3[CH]4[CH]5[C]1(c1ccco1)[Fe]43521678[CH]2[CH]1[CH]6[CH]7[CH]28. The van der Waals surface area contributed by atoms with Crippen LogP contribution < -0.4 is 0 Å². The molecule has 0 saturated carbocycles. The van der Waals surface area contributed by atoms with Crippen LogP contribution in [-0.2, 0) is 15.6 Å². The maximum atomic E-state index is 13.2. The number of hydrogen-bond acceptors (Lipinski definition) is 2. The van der Waals surface area contributed by atoms with Gasteiger partial charge in [0.2, 0.25) is 0 Å². The van der Waals surface area contributed by atoms with Crippen LogP contribution >= 0.6 is 0 Å². The second kappa shape index (κ2) is 0.648. The molecule has 10 aliphatic heterocycles. The molecule has 1 aromatic rings. The third kappa shape index (κ3) is 0.0740. The van der Waals surface area contributed by atoms with Crippen molar-refractivity contribution in [3.8, 4) is 0 Å². The van der Waals surface area contributed by atoms with Crippen LogP contribution in [0.4, 0.5) is 0 Å². The van der Waals surface area contributed by atoms with Gasteiger partial charge in [-0.3, -0.25) is 0 Å². The van der Waals surface area contributed by atoms with Crippen molar-refractivity contribution in [1.29, 1.82) is 0 Å². The molecule has 0 N–H and O–H groups in total. The van der Waals surface area contributed by atoms with E-state index in [9.17, 15) is 4.79 Å².